The molecule has 1 aromatic carbocycles. The third-order valence-electron chi connectivity index (χ3n) is 5.20. The van der Waals surface area contributed by atoms with Crippen LogP contribution in [0.15, 0.2) is 36.5 Å². The quantitative estimate of drug-likeness (QED) is 0.851. The molecule has 1 aromatic heterocycles. The molecule has 1 aliphatic heterocycles. The summed E-state index contributed by atoms with van der Waals surface area (Å²) in [6.45, 7) is 2.46. The van der Waals surface area contributed by atoms with Crippen molar-refractivity contribution in [3.05, 3.63) is 63.9 Å². The van der Waals surface area contributed by atoms with Gasteiger partial charge >= 0.3 is 6.09 Å². The van der Waals surface area contributed by atoms with Crippen LogP contribution < -0.4 is 0 Å². The molecule has 25 heavy (non-hydrogen) atoms. The molecule has 0 spiro atoms. The zero-order valence-corrected chi connectivity index (χ0v) is 14.6. The molecule has 0 bridgehead atoms. The second-order valence-electron chi connectivity index (χ2n) is 6.60. The third kappa shape index (κ3) is 3.10. The fraction of sp³-hybridized carbons (Fsp3) is 0.368. The predicted molar refractivity (Wildman–Crippen MR) is 96.1 cm³/mol. The van der Waals surface area contributed by atoms with Crippen molar-refractivity contribution in [1.82, 2.24) is 14.8 Å². The molecule has 0 radical (unpaired) electrons. The Bertz CT molecular complexity index is 803. The van der Waals surface area contributed by atoms with Crippen molar-refractivity contribution < 1.29 is 9.90 Å². The van der Waals surface area contributed by atoms with Gasteiger partial charge in [0.05, 0.1) is 11.7 Å². The fourth-order valence-corrected chi connectivity index (χ4v) is 4.12. The number of pyridine rings is 1. The third-order valence-corrected chi connectivity index (χ3v) is 5.43. The molecule has 2 aliphatic rings. The number of nitrogens with zero attached hydrogens (tertiary/aromatic N) is 3. The zero-order chi connectivity index (χ0) is 17.4. The van der Waals surface area contributed by atoms with Gasteiger partial charge in [-0.3, -0.25) is 9.88 Å². The van der Waals surface area contributed by atoms with Crippen LogP contribution in [0.4, 0.5) is 4.79 Å². The molecular formula is C19H20ClN3O2. The highest BCUT2D eigenvalue weighted by molar-refractivity contribution is 6.30. The average molecular weight is 358 g/mol. The van der Waals surface area contributed by atoms with Gasteiger partial charge in [-0.05, 0) is 47.7 Å². The lowest BCUT2D eigenvalue weighted by Gasteiger charge is -2.38. The summed E-state index contributed by atoms with van der Waals surface area (Å²) in [7, 11) is 0. The van der Waals surface area contributed by atoms with Gasteiger partial charge < -0.3 is 10.0 Å². The SMILES string of the molecule is O=C(O)N1CCN(C2c3ccc(Cl)cc3CCc3cccnc32)CC1. The second-order valence-corrected chi connectivity index (χ2v) is 7.04. The minimum atomic E-state index is -0.841. The summed E-state index contributed by atoms with van der Waals surface area (Å²) in [4.78, 5) is 19.7. The molecule has 0 saturated carbocycles. The highest BCUT2D eigenvalue weighted by Gasteiger charge is 2.32. The Labute approximate surface area is 151 Å². The number of fused-ring (bicyclic) bond motifs is 2. The van der Waals surface area contributed by atoms with Crippen molar-refractivity contribution in [3.63, 3.8) is 0 Å². The lowest BCUT2D eigenvalue weighted by atomic mass is 9.96. The molecular weight excluding hydrogens is 338 g/mol. The van der Waals surface area contributed by atoms with Crippen molar-refractivity contribution >= 4 is 17.7 Å². The van der Waals surface area contributed by atoms with E-state index in [0.717, 1.165) is 23.6 Å². The van der Waals surface area contributed by atoms with Gasteiger partial charge in [-0.1, -0.05) is 23.7 Å². The highest BCUT2D eigenvalue weighted by atomic mass is 35.5. The van der Waals surface area contributed by atoms with E-state index < -0.39 is 6.09 Å². The number of carboxylic acid groups (broad SMARTS) is 1. The lowest BCUT2D eigenvalue weighted by Crippen LogP contribution is -2.49. The van der Waals surface area contributed by atoms with Crippen molar-refractivity contribution in [2.45, 2.75) is 18.9 Å². The van der Waals surface area contributed by atoms with Crippen LogP contribution in [0, 0.1) is 0 Å². The van der Waals surface area contributed by atoms with Crippen LogP contribution in [0.25, 0.3) is 0 Å². The Balaban J connectivity index is 1.74. The van der Waals surface area contributed by atoms with E-state index in [0.29, 0.717) is 26.2 Å². The highest BCUT2D eigenvalue weighted by Crippen LogP contribution is 2.37. The maximum atomic E-state index is 11.2. The van der Waals surface area contributed by atoms with Gasteiger partial charge in [-0.25, -0.2) is 4.79 Å². The fourth-order valence-electron chi connectivity index (χ4n) is 3.92. The van der Waals surface area contributed by atoms with Gasteiger partial charge in [0.15, 0.2) is 0 Å². The zero-order valence-electron chi connectivity index (χ0n) is 13.9. The molecule has 1 N–H and O–H groups in total. The second kappa shape index (κ2) is 6.65. The van der Waals surface area contributed by atoms with Crippen molar-refractivity contribution in [2.75, 3.05) is 26.2 Å². The van der Waals surface area contributed by atoms with E-state index in [1.165, 1.54) is 21.6 Å². The van der Waals surface area contributed by atoms with Crippen LogP contribution >= 0.6 is 11.6 Å². The number of benzene rings is 1. The van der Waals surface area contributed by atoms with Crippen LogP contribution in [0.1, 0.15) is 28.4 Å². The first kappa shape index (κ1) is 16.4. The molecule has 6 heteroatoms. The van der Waals surface area contributed by atoms with Crippen LogP contribution in [0.2, 0.25) is 5.02 Å². The van der Waals surface area contributed by atoms with Gasteiger partial charge in [-0.15, -0.1) is 0 Å². The lowest BCUT2D eigenvalue weighted by molar-refractivity contribution is 0.0923. The van der Waals surface area contributed by atoms with Crippen LogP contribution in [-0.4, -0.2) is 52.2 Å². The van der Waals surface area contributed by atoms with E-state index in [2.05, 4.69) is 23.1 Å². The predicted octanol–water partition coefficient (Wildman–Crippen LogP) is 3.22. The number of carbonyl (C=O) groups is 1. The van der Waals surface area contributed by atoms with E-state index >= 15 is 0 Å². The summed E-state index contributed by atoms with van der Waals surface area (Å²) in [5.74, 6) is 0. The van der Waals surface area contributed by atoms with E-state index in [1.54, 1.807) is 0 Å². The Morgan fingerprint density at radius 1 is 1.12 bits per heavy atom. The molecule has 1 fully saturated rings. The Morgan fingerprint density at radius 3 is 2.64 bits per heavy atom. The van der Waals surface area contributed by atoms with Gasteiger partial charge in [-0.2, -0.15) is 0 Å². The standard InChI is InChI=1S/C19H20ClN3O2/c20-15-5-6-16-14(12-15)4-3-13-2-1-7-21-17(13)18(16)22-8-10-23(11-9-22)19(24)25/h1-2,5-7,12,18H,3-4,8-11H2,(H,24,25). The summed E-state index contributed by atoms with van der Waals surface area (Å²) >= 11 is 6.23. The van der Waals surface area contributed by atoms with E-state index in [1.807, 2.05) is 18.3 Å². The number of halogens is 1. The minimum Gasteiger partial charge on any atom is -0.465 e. The van der Waals surface area contributed by atoms with Crippen molar-refractivity contribution in [3.8, 4) is 0 Å². The van der Waals surface area contributed by atoms with E-state index in [9.17, 15) is 9.90 Å². The smallest absolute Gasteiger partial charge is 0.407 e. The maximum absolute atomic E-state index is 11.2. The Hall–Kier alpha value is -2.11. The first-order valence-corrected chi connectivity index (χ1v) is 8.95. The summed E-state index contributed by atoms with van der Waals surface area (Å²) in [6, 6.07) is 10.3. The summed E-state index contributed by atoms with van der Waals surface area (Å²) in [6.07, 6.45) is 2.90. The van der Waals surface area contributed by atoms with Crippen LogP contribution in [-0.2, 0) is 12.8 Å². The number of piperazine rings is 1. The minimum absolute atomic E-state index is 0.0573. The molecule has 5 nitrogen and oxygen atoms in total. The van der Waals surface area contributed by atoms with Gasteiger partial charge in [0.25, 0.3) is 0 Å². The summed E-state index contributed by atoms with van der Waals surface area (Å²) < 4.78 is 0. The first-order valence-electron chi connectivity index (χ1n) is 8.57. The van der Waals surface area contributed by atoms with E-state index in [-0.39, 0.29) is 6.04 Å². The molecule has 1 unspecified atom stereocenters. The number of amides is 1. The molecule has 2 heterocycles. The number of hydrogen-bond donors (Lipinski definition) is 1. The molecule has 1 saturated heterocycles. The molecule has 1 aliphatic carbocycles. The summed E-state index contributed by atoms with van der Waals surface area (Å²) in [5.41, 5.74) is 4.86. The molecule has 4 rings (SSSR count). The van der Waals surface area contributed by atoms with Crippen molar-refractivity contribution in [1.29, 1.82) is 0 Å². The number of hydrogen-bond acceptors (Lipinski definition) is 3. The average Bonchev–Trinajstić information content (AvgIpc) is 2.78. The van der Waals surface area contributed by atoms with Crippen LogP contribution in [0.3, 0.4) is 0 Å². The Kier molecular flexibility index (Phi) is 4.36. The molecule has 130 valence electrons. The number of aromatic nitrogens is 1. The Morgan fingerprint density at radius 2 is 1.88 bits per heavy atom. The van der Waals surface area contributed by atoms with Gasteiger partial charge in [0.2, 0.25) is 0 Å². The normalized spacial score (nSPS) is 20.5. The van der Waals surface area contributed by atoms with E-state index in [4.69, 9.17) is 16.6 Å². The topological polar surface area (TPSA) is 56.7 Å². The first-order chi connectivity index (χ1) is 12.1. The molecule has 1 atom stereocenters. The van der Waals surface area contributed by atoms with Gasteiger partial charge in [0.1, 0.15) is 0 Å². The largest absolute Gasteiger partial charge is 0.465 e. The number of aryl methyl sites for hydroxylation is 2. The number of rotatable bonds is 1. The summed E-state index contributed by atoms with van der Waals surface area (Å²) in [5, 5.41) is 9.96. The monoisotopic (exact) mass is 357 g/mol. The molecule has 1 amide bonds. The van der Waals surface area contributed by atoms with Crippen molar-refractivity contribution in [2.24, 2.45) is 0 Å². The maximum Gasteiger partial charge on any atom is 0.407 e. The molecule has 2 aromatic rings. The van der Waals surface area contributed by atoms with Gasteiger partial charge in [0, 0.05) is 37.4 Å². The van der Waals surface area contributed by atoms with Crippen LogP contribution in [0.5, 0.6) is 0 Å².